The highest BCUT2D eigenvalue weighted by atomic mass is 19.3. The molecule has 0 aliphatic carbocycles. The fourth-order valence-electron chi connectivity index (χ4n) is 4.88. The molecule has 2 N–H and O–H groups in total. The van der Waals surface area contributed by atoms with Gasteiger partial charge >= 0.3 is 6.09 Å². The first kappa shape index (κ1) is 27.3. The molecule has 0 bridgehead atoms. The van der Waals surface area contributed by atoms with Crippen molar-refractivity contribution in [2.24, 2.45) is 0 Å². The number of aromatic nitrogens is 3. The van der Waals surface area contributed by atoms with E-state index in [1.54, 1.807) is 45.6 Å². The SMILES string of the molecule is Cc1nc(N[C@H](C)c2cccc(C(F)F)c2F)c2cc(N3CC(F)C(N(C(=O)O)C(C)(C)C)C3)ncc2n1. The Morgan fingerprint density at radius 1 is 1.21 bits per heavy atom. The van der Waals surface area contributed by atoms with Crippen LogP contribution in [-0.2, 0) is 0 Å². The van der Waals surface area contributed by atoms with E-state index < -0.39 is 47.7 Å². The van der Waals surface area contributed by atoms with Crippen LogP contribution >= 0.6 is 0 Å². The maximum Gasteiger partial charge on any atom is 0.408 e. The number of nitrogens with zero attached hydrogens (tertiary/aromatic N) is 5. The largest absolute Gasteiger partial charge is 0.465 e. The van der Waals surface area contributed by atoms with Crippen LogP contribution in [0, 0.1) is 12.7 Å². The third-order valence-corrected chi connectivity index (χ3v) is 6.60. The predicted octanol–water partition coefficient (Wildman–Crippen LogP) is 5.89. The fraction of sp³-hybridized carbons (Fsp3) is 0.462. The van der Waals surface area contributed by atoms with Gasteiger partial charge in [0.15, 0.2) is 0 Å². The molecule has 8 nitrogen and oxygen atoms in total. The summed E-state index contributed by atoms with van der Waals surface area (Å²) < 4.78 is 56.3. The summed E-state index contributed by atoms with van der Waals surface area (Å²) in [4.78, 5) is 27.9. The molecule has 3 aromatic rings. The summed E-state index contributed by atoms with van der Waals surface area (Å²) >= 11 is 0. The molecule has 38 heavy (non-hydrogen) atoms. The molecule has 0 spiro atoms. The summed E-state index contributed by atoms with van der Waals surface area (Å²) in [5.74, 6) is 0.158. The van der Waals surface area contributed by atoms with Crippen LogP contribution in [0.25, 0.3) is 10.9 Å². The van der Waals surface area contributed by atoms with Crippen molar-refractivity contribution in [3.05, 3.63) is 53.2 Å². The minimum Gasteiger partial charge on any atom is -0.465 e. The van der Waals surface area contributed by atoms with Gasteiger partial charge in [-0.3, -0.25) is 4.90 Å². The molecule has 1 amide bonds. The highest BCUT2D eigenvalue weighted by Crippen LogP contribution is 2.33. The normalized spacial score (nSPS) is 18.7. The summed E-state index contributed by atoms with van der Waals surface area (Å²) in [6.45, 7) is 8.48. The third-order valence-electron chi connectivity index (χ3n) is 6.60. The molecule has 204 valence electrons. The first-order valence-electron chi connectivity index (χ1n) is 12.2. The van der Waals surface area contributed by atoms with E-state index in [9.17, 15) is 23.1 Å². The zero-order valence-corrected chi connectivity index (χ0v) is 21.7. The number of halogens is 4. The number of hydrogen-bond donors (Lipinski definition) is 2. The zero-order valence-electron chi connectivity index (χ0n) is 21.7. The molecular weight excluding hydrogens is 504 g/mol. The van der Waals surface area contributed by atoms with Crippen LogP contribution in [0.1, 0.15) is 57.1 Å². The Morgan fingerprint density at radius 3 is 2.53 bits per heavy atom. The highest BCUT2D eigenvalue weighted by molar-refractivity contribution is 5.90. The van der Waals surface area contributed by atoms with Gasteiger partial charge in [0.05, 0.1) is 35.9 Å². The number of anilines is 2. The van der Waals surface area contributed by atoms with Crippen molar-refractivity contribution in [1.82, 2.24) is 19.9 Å². The molecule has 3 heterocycles. The lowest BCUT2D eigenvalue weighted by Crippen LogP contribution is -2.54. The third kappa shape index (κ3) is 5.30. The summed E-state index contributed by atoms with van der Waals surface area (Å²) in [7, 11) is 0. The van der Waals surface area contributed by atoms with Crippen molar-refractivity contribution in [2.75, 3.05) is 23.3 Å². The van der Waals surface area contributed by atoms with Gasteiger partial charge < -0.3 is 15.3 Å². The van der Waals surface area contributed by atoms with E-state index >= 15 is 4.39 Å². The van der Waals surface area contributed by atoms with Gasteiger partial charge in [-0.25, -0.2) is 37.3 Å². The molecule has 1 aromatic carbocycles. The number of benzene rings is 1. The minimum atomic E-state index is -2.95. The topological polar surface area (TPSA) is 94.5 Å². The van der Waals surface area contributed by atoms with E-state index in [1.807, 2.05) is 0 Å². The first-order chi connectivity index (χ1) is 17.8. The molecule has 1 fully saturated rings. The van der Waals surface area contributed by atoms with Gasteiger partial charge in [0.25, 0.3) is 6.43 Å². The van der Waals surface area contributed by atoms with Crippen molar-refractivity contribution in [3.8, 4) is 0 Å². The van der Waals surface area contributed by atoms with Crippen molar-refractivity contribution in [1.29, 1.82) is 0 Å². The molecular formula is C26H30F4N6O2. The molecule has 0 radical (unpaired) electrons. The summed E-state index contributed by atoms with van der Waals surface area (Å²) in [6, 6.07) is 3.90. The molecule has 2 aromatic heterocycles. The average molecular weight is 535 g/mol. The number of nitrogens with one attached hydrogen (secondary N) is 1. The van der Waals surface area contributed by atoms with Crippen LogP contribution in [0.15, 0.2) is 30.5 Å². The van der Waals surface area contributed by atoms with Crippen molar-refractivity contribution in [3.63, 3.8) is 0 Å². The van der Waals surface area contributed by atoms with Crippen LogP contribution in [0.3, 0.4) is 0 Å². The Bertz CT molecular complexity index is 1350. The summed E-state index contributed by atoms with van der Waals surface area (Å²) in [6.07, 6.45) is -4.07. The van der Waals surface area contributed by atoms with Crippen LogP contribution in [0.4, 0.5) is 34.0 Å². The molecule has 12 heteroatoms. The average Bonchev–Trinajstić information content (AvgIpc) is 3.18. The van der Waals surface area contributed by atoms with E-state index in [0.29, 0.717) is 28.4 Å². The second kappa shape index (κ2) is 10.2. The van der Waals surface area contributed by atoms with Gasteiger partial charge in [-0.05, 0) is 40.7 Å². The van der Waals surface area contributed by atoms with Gasteiger partial charge in [-0.2, -0.15) is 0 Å². The lowest BCUT2D eigenvalue weighted by Gasteiger charge is -2.38. The number of carbonyl (C=O) groups is 1. The monoisotopic (exact) mass is 534 g/mol. The maximum absolute atomic E-state index is 15.1. The minimum absolute atomic E-state index is 0.0550. The molecule has 1 aliphatic heterocycles. The number of aryl methyl sites for hydroxylation is 1. The molecule has 0 saturated carbocycles. The Labute approximate surface area is 217 Å². The Morgan fingerprint density at radius 2 is 1.89 bits per heavy atom. The molecule has 3 atom stereocenters. The van der Waals surface area contributed by atoms with Gasteiger partial charge in [-0.15, -0.1) is 0 Å². The van der Waals surface area contributed by atoms with E-state index in [2.05, 4.69) is 20.3 Å². The smallest absolute Gasteiger partial charge is 0.408 e. The van der Waals surface area contributed by atoms with Gasteiger partial charge in [0.2, 0.25) is 0 Å². The lowest BCUT2D eigenvalue weighted by molar-refractivity contribution is 0.0542. The van der Waals surface area contributed by atoms with E-state index in [-0.39, 0.29) is 18.7 Å². The Balaban J connectivity index is 1.67. The number of carboxylic acid groups (broad SMARTS) is 1. The molecule has 1 aliphatic rings. The van der Waals surface area contributed by atoms with E-state index in [4.69, 9.17) is 0 Å². The van der Waals surface area contributed by atoms with E-state index in [1.165, 1.54) is 18.3 Å². The number of hydrogen-bond acceptors (Lipinski definition) is 6. The number of fused-ring (bicyclic) bond motifs is 1. The standard InChI is InChI=1S/C26H30F4N6O2/c1-13(15-7-6-8-16(22(15)28)23(29)30)32-24-17-9-21(31-10-19(17)33-14(2)34-24)35-11-18(27)20(12-35)36(25(37)38)26(3,4)5/h6-10,13,18,20,23H,11-12H2,1-5H3,(H,37,38)(H,32,33,34)/t13-,18?,20?/m1/s1. The predicted molar refractivity (Wildman–Crippen MR) is 136 cm³/mol. The number of pyridine rings is 1. The fourth-order valence-corrected chi connectivity index (χ4v) is 4.88. The number of rotatable bonds is 6. The van der Waals surface area contributed by atoms with Crippen molar-refractivity contribution in [2.45, 2.75) is 64.8 Å². The van der Waals surface area contributed by atoms with Crippen molar-refractivity contribution < 1.29 is 27.5 Å². The van der Waals surface area contributed by atoms with Crippen LogP contribution in [0.5, 0.6) is 0 Å². The second-order valence-electron chi connectivity index (χ2n) is 10.4. The Kier molecular flexibility index (Phi) is 7.35. The molecule has 1 saturated heterocycles. The van der Waals surface area contributed by atoms with Crippen molar-refractivity contribution >= 4 is 28.6 Å². The van der Waals surface area contributed by atoms with Gasteiger partial charge in [-0.1, -0.05) is 18.2 Å². The highest BCUT2D eigenvalue weighted by Gasteiger charge is 2.44. The maximum atomic E-state index is 15.1. The Hall–Kier alpha value is -3.70. The van der Waals surface area contributed by atoms with Crippen LogP contribution in [0.2, 0.25) is 0 Å². The quantitative estimate of drug-likeness (QED) is 0.381. The molecule has 4 rings (SSSR count). The summed E-state index contributed by atoms with van der Waals surface area (Å²) in [5, 5.41) is 13.3. The first-order valence-corrected chi connectivity index (χ1v) is 12.2. The van der Waals surface area contributed by atoms with Gasteiger partial charge in [0, 0.05) is 23.0 Å². The lowest BCUT2D eigenvalue weighted by atomic mass is 10.0. The second-order valence-corrected chi connectivity index (χ2v) is 10.4. The number of alkyl halides is 3. The van der Waals surface area contributed by atoms with Crippen LogP contribution < -0.4 is 10.2 Å². The van der Waals surface area contributed by atoms with Gasteiger partial charge in [0.1, 0.15) is 29.4 Å². The number of amides is 1. The van der Waals surface area contributed by atoms with E-state index in [0.717, 1.165) is 11.0 Å². The summed E-state index contributed by atoms with van der Waals surface area (Å²) in [5.41, 5.74) is -0.947. The zero-order chi connectivity index (χ0) is 27.9. The molecule has 2 unspecified atom stereocenters. The van der Waals surface area contributed by atoms with Crippen LogP contribution in [-0.4, -0.2) is 61.9 Å².